The van der Waals surface area contributed by atoms with E-state index in [9.17, 15) is 35.6 Å². The van der Waals surface area contributed by atoms with Gasteiger partial charge in [0, 0.05) is 6.07 Å². The number of fused-ring (bicyclic) bond motifs is 1. The fourth-order valence-electron chi connectivity index (χ4n) is 3.57. The molecule has 1 aromatic rings. The first-order chi connectivity index (χ1) is 15.3. The zero-order valence-corrected chi connectivity index (χ0v) is 18.0. The minimum Gasteiger partial charge on any atom is -0.357 e. The summed E-state index contributed by atoms with van der Waals surface area (Å²) in [5.74, 6) is -0.931. The standard InChI is InChI=1S/C19H19F4N4O5S/c1-11-6-12(32-24-11)8-26-16(28)14-7-13(33(30,31)25-18(9-20)4-5-18)2-3-15(14)27(17(26)29)10-19(21,22)23/h2-3,6-7,13,25H,4-5,8-10H2,1H3/q+1. The van der Waals surface area contributed by atoms with E-state index < -0.39 is 64.3 Å². The zero-order valence-electron chi connectivity index (χ0n) is 17.2. The van der Waals surface area contributed by atoms with Gasteiger partial charge in [0.15, 0.2) is 18.8 Å². The number of aromatic nitrogens is 1. The van der Waals surface area contributed by atoms with E-state index in [0.29, 0.717) is 28.0 Å². The molecular formula is C19H19F4N4O5S+. The summed E-state index contributed by atoms with van der Waals surface area (Å²) in [7, 11) is -4.20. The zero-order chi connectivity index (χ0) is 24.2. The van der Waals surface area contributed by atoms with Crippen molar-refractivity contribution in [2.75, 3.05) is 13.2 Å². The van der Waals surface area contributed by atoms with Crippen LogP contribution in [0.1, 0.15) is 24.3 Å². The van der Waals surface area contributed by atoms with E-state index in [1.807, 2.05) is 0 Å². The van der Waals surface area contributed by atoms with Crippen LogP contribution in [0.15, 0.2) is 34.4 Å². The van der Waals surface area contributed by atoms with Crippen LogP contribution in [0.4, 0.5) is 22.4 Å². The molecule has 0 spiro atoms. The number of allylic oxidation sites excluding steroid dienone is 1. The highest BCUT2D eigenvalue weighted by Crippen LogP contribution is 2.37. The van der Waals surface area contributed by atoms with Crippen LogP contribution in [0.3, 0.4) is 0 Å². The van der Waals surface area contributed by atoms with Crippen LogP contribution in [0.5, 0.6) is 0 Å². The maximum atomic E-state index is 13.2. The van der Waals surface area contributed by atoms with Crippen molar-refractivity contribution in [3.8, 4) is 0 Å². The topological polar surface area (TPSA) is 113 Å². The Hall–Kier alpha value is -2.87. The maximum Gasteiger partial charge on any atom is 0.502 e. The number of rotatable bonds is 7. The molecule has 3 amide bonds. The number of amides is 3. The van der Waals surface area contributed by atoms with Gasteiger partial charge in [-0.3, -0.25) is 0 Å². The number of hydrogen-bond donors (Lipinski definition) is 1. The summed E-state index contributed by atoms with van der Waals surface area (Å²) in [6.45, 7) is -1.52. The van der Waals surface area contributed by atoms with E-state index in [2.05, 4.69) is 9.88 Å². The summed E-state index contributed by atoms with van der Waals surface area (Å²) >= 11 is 0. The molecule has 1 aliphatic heterocycles. The SMILES string of the molecule is Cc1cc(CN2C(=O)C3=CC(S(=O)(=O)NC4(CF)CC4)C=CC3=[N+](CC(F)(F)F)C2=O)on1. The molecule has 0 bridgehead atoms. The number of nitrogens with one attached hydrogen (secondary N) is 1. The second-order valence-corrected chi connectivity index (χ2v) is 10.00. The third-order valence-electron chi connectivity index (χ3n) is 5.43. The first-order valence-corrected chi connectivity index (χ1v) is 11.4. The quantitative estimate of drug-likeness (QED) is 0.460. The van der Waals surface area contributed by atoms with Crippen molar-refractivity contribution in [3.63, 3.8) is 0 Å². The number of hydrogen-bond acceptors (Lipinski definition) is 6. The molecule has 9 nitrogen and oxygen atoms in total. The Morgan fingerprint density at radius 1 is 1.33 bits per heavy atom. The molecule has 178 valence electrons. The van der Waals surface area contributed by atoms with Crippen LogP contribution >= 0.6 is 0 Å². The van der Waals surface area contributed by atoms with E-state index in [1.165, 1.54) is 6.07 Å². The lowest BCUT2D eigenvalue weighted by atomic mass is 9.99. The lowest BCUT2D eigenvalue weighted by molar-refractivity contribution is -0.478. The Balaban J connectivity index is 1.73. The van der Waals surface area contributed by atoms with Gasteiger partial charge < -0.3 is 4.52 Å². The lowest BCUT2D eigenvalue weighted by Crippen LogP contribution is -2.53. The molecule has 0 aromatic carbocycles. The average molecular weight is 491 g/mol. The van der Waals surface area contributed by atoms with Crippen LogP contribution in [0, 0.1) is 6.92 Å². The van der Waals surface area contributed by atoms with Crippen molar-refractivity contribution in [1.82, 2.24) is 14.8 Å². The fourth-order valence-corrected chi connectivity index (χ4v) is 5.17. The third-order valence-corrected chi connectivity index (χ3v) is 7.16. The van der Waals surface area contributed by atoms with Crippen molar-refractivity contribution >= 4 is 27.7 Å². The van der Waals surface area contributed by atoms with Crippen molar-refractivity contribution in [3.05, 3.63) is 41.3 Å². The van der Waals surface area contributed by atoms with E-state index in [0.717, 1.165) is 18.2 Å². The second kappa shape index (κ2) is 7.87. The summed E-state index contributed by atoms with van der Waals surface area (Å²) in [6.07, 6.45) is -1.17. The number of sulfonamides is 1. The molecule has 0 saturated heterocycles. The Kier molecular flexibility index (Phi) is 5.55. The van der Waals surface area contributed by atoms with E-state index in [-0.39, 0.29) is 11.5 Å². The first kappa shape index (κ1) is 23.3. The number of aryl methyl sites for hydroxylation is 1. The molecule has 4 rings (SSSR count). The summed E-state index contributed by atoms with van der Waals surface area (Å²) < 4.78 is 85.9. The Labute approximate surface area is 185 Å². The lowest BCUT2D eigenvalue weighted by Gasteiger charge is -2.26. The van der Waals surface area contributed by atoms with Gasteiger partial charge >= 0.3 is 18.1 Å². The minimum atomic E-state index is -4.79. The normalized spacial score (nSPS) is 22.5. The van der Waals surface area contributed by atoms with Gasteiger partial charge in [0.05, 0.1) is 11.2 Å². The highest BCUT2D eigenvalue weighted by Gasteiger charge is 2.51. The van der Waals surface area contributed by atoms with Gasteiger partial charge in [-0.15, -0.1) is 4.90 Å². The van der Waals surface area contributed by atoms with Crippen molar-refractivity contribution in [2.24, 2.45) is 0 Å². The van der Waals surface area contributed by atoms with E-state index >= 15 is 0 Å². The second-order valence-electron chi connectivity index (χ2n) is 8.16. The van der Waals surface area contributed by atoms with Gasteiger partial charge in [-0.25, -0.2) is 22.3 Å². The summed E-state index contributed by atoms with van der Waals surface area (Å²) in [5.41, 5.74) is -1.52. The summed E-state index contributed by atoms with van der Waals surface area (Å²) in [4.78, 5) is 26.4. The predicted molar refractivity (Wildman–Crippen MR) is 104 cm³/mol. The van der Waals surface area contributed by atoms with Crippen molar-refractivity contribution in [1.29, 1.82) is 0 Å². The predicted octanol–water partition coefficient (Wildman–Crippen LogP) is 1.75. The van der Waals surface area contributed by atoms with Gasteiger partial charge in [0.2, 0.25) is 10.0 Å². The largest absolute Gasteiger partial charge is 0.502 e. The number of carbonyl (C=O) groups excluding carboxylic acids is 2. The molecule has 0 radical (unpaired) electrons. The molecule has 1 unspecified atom stereocenters. The van der Waals surface area contributed by atoms with Gasteiger partial charge in [0.1, 0.15) is 23.2 Å². The molecule has 2 aliphatic carbocycles. The molecule has 14 heteroatoms. The number of nitrogens with zero attached hydrogens (tertiary/aromatic N) is 3. The molecule has 1 fully saturated rings. The molecule has 1 atom stereocenters. The van der Waals surface area contributed by atoms with Crippen LogP contribution in [0.2, 0.25) is 0 Å². The van der Waals surface area contributed by atoms with Gasteiger partial charge in [0.25, 0.3) is 0 Å². The highest BCUT2D eigenvalue weighted by atomic mass is 32.2. The Morgan fingerprint density at radius 3 is 2.58 bits per heavy atom. The van der Waals surface area contributed by atoms with Crippen LogP contribution in [-0.4, -0.2) is 70.9 Å². The summed E-state index contributed by atoms with van der Waals surface area (Å²) in [6, 6.07) is 0.170. The smallest absolute Gasteiger partial charge is 0.357 e. The number of halogens is 4. The number of carbonyl (C=O) groups is 2. The third kappa shape index (κ3) is 4.62. The molecule has 2 heterocycles. The van der Waals surface area contributed by atoms with Crippen molar-refractivity contribution in [2.45, 2.75) is 43.3 Å². The monoisotopic (exact) mass is 491 g/mol. The molecule has 33 heavy (non-hydrogen) atoms. The number of imide groups is 1. The highest BCUT2D eigenvalue weighted by molar-refractivity contribution is 7.90. The fraction of sp³-hybridized carbons (Fsp3) is 0.474. The first-order valence-electron chi connectivity index (χ1n) is 9.83. The molecule has 1 aromatic heterocycles. The van der Waals surface area contributed by atoms with Gasteiger partial charge in [-0.2, -0.15) is 22.5 Å². The van der Waals surface area contributed by atoms with E-state index in [1.54, 1.807) is 6.92 Å². The van der Waals surface area contributed by atoms with Crippen LogP contribution in [-0.2, 0) is 21.4 Å². The molecule has 1 N–H and O–H groups in total. The minimum absolute atomic E-state index is 0.0565. The Bertz CT molecular complexity index is 1210. The molecular weight excluding hydrogens is 472 g/mol. The van der Waals surface area contributed by atoms with Gasteiger partial charge in [-0.1, -0.05) is 11.2 Å². The van der Waals surface area contributed by atoms with Crippen LogP contribution in [0.25, 0.3) is 0 Å². The number of alkyl halides is 4. The summed E-state index contributed by atoms with van der Waals surface area (Å²) in [5, 5.41) is 2.17. The van der Waals surface area contributed by atoms with E-state index in [4.69, 9.17) is 4.52 Å². The molecule has 1 saturated carbocycles. The molecule has 3 aliphatic rings. The average Bonchev–Trinajstić information content (AvgIpc) is 3.38. The van der Waals surface area contributed by atoms with Gasteiger partial charge in [-0.05, 0) is 31.9 Å². The van der Waals surface area contributed by atoms with Crippen molar-refractivity contribution < 1.29 is 44.7 Å². The maximum absolute atomic E-state index is 13.2. The van der Waals surface area contributed by atoms with Crippen LogP contribution < -0.4 is 4.72 Å². The number of urea groups is 1. The Morgan fingerprint density at radius 2 is 2.03 bits per heavy atom.